The zero-order valence-electron chi connectivity index (χ0n) is 17.5. The molecule has 2 amide bonds. The summed E-state index contributed by atoms with van der Waals surface area (Å²) in [6.45, 7) is 8.35. The van der Waals surface area contributed by atoms with Gasteiger partial charge < -0.3 is 10.2 Å². The highest BCUT2D eigenvalue weighted by atomic mass is 16.2. The summed E-state index contributed by atoms with van der Waals surface area (Å²) in [7, 11) is 0. The van der Waals surface area contributed by atoms with Gasteiger partial charge in [-0.3, -0.25) is 19.4 Å². The molecule has 0 atom stereocenters. The molecule has 7 nitrogen and oxygen atoms in total. The smallest absolute Gasteiger partial charge is 0.241 e. The first-order chi connectivity index (χ1) is 14.0. The highest BCUT2D eigenvalue weighted by Gasteiger charge is 2.26. The number of anilines is 1. The lowest BCUT2D eigenvalue weighted by molar-refractivity contribution is -0.124. The van der Waals surface area contributed by atoms with Gasteiger partial charge >= 0.3 is 0 Å². The molecule has 1 aromatic rings. The van der Waals surface area contributed by atoms with Crippen LogP contribution in [0.5, 0.6) is 0 Å². The van der Waals surface area contributed by atoms with Gasteiger partial charge in [0.05, 0.1) is 25.6 Å². The molecule has 29 heavy (non-hydrogen) atoms. The summed E-state index contributed by atoms with van der Waals surface area (Å²) in [6, 6.07) is 8.52. The maximum Gasteiger partial charge on any atom is 0.241 e. The van der Waals surface area contributed by atoms with Crippen molar-refractivity contribution in [2.45, 2.75) is 39.2 Å². The molecule has 2 aliphatic rings. The molecule has 1 aliphatic carbocycles. The third kappa shape index (κ3) is 6.28. The summed E-state index contributed by atoms with van der Waals surface area (Å²) in [6.07, 6.45) is 2.51. The summed E-state index contributed by atoms with van der Waals surface area (Å²) in [5.74, 6) is 0.123. The second kappa shape index (κ2) is 9.86. The van der Waals surface area contributed by atoms with Crippen LogP contribution < -0.4 is 10.2 Å². The number of amides is 2. The van der Waals surface area contributed by atoms with E-state index in [1.54, 1.807) is 4.90 Å². The Kier molecular flexibility index (Phi) is 7.24. The number of nitrogens with zero attached hydrogens (tertiary/aromatic N) is 4. The van der Waals surface area contributed by atoms with Crippen LogP contribution >= 0.6 is 0 Å². The van der Waals surface area contributed by atoms with Gasteiger partial charge in [-0.1, -0.05) is 6.07 Å². The molecule has 0 radical (unpaired) electrons. The molecule has 1 saturated carbocycles. The molecule has 7 heteroatoms. The van der Waals surface area contributed by atoms with E-state index in [0.717, 1.165) is 50.3 Å². The maximum atomic E-state index is 13.0. The van der Waals surface area contributed by atoms with E-state index in [4.69, 9.17) is 5.26 Å². The second-order valence-corrected chi connectivity index (χ2v) is 8.12. The first kappa shape index (κ1) is 21.3. The predicted molar refractivity (Wildman–Crippen MR) is 113 cm³/mol. The van der Waals surface area contributed by atoms with Gasteiger partial charge in [-0.25, -0.2) is 0 Å². The van der Waals surface area contributed by atoms with Gasteiger partial charge in [0, 0.05) is 44.5 Å². The fourth-order valence-corrected chi connectivity index (χ4v) is 3.54. The van der Waals surface area contributed by atoms with Crippen molar-refractivity contribution >= 4 is 17.5 Å². The molecule has 0 unspecified atom stereocenters. The van der Waals surface area contributed by atoms with E-state index in [0.29, 0.717) is 32.1 Å². The van der Waals surface area contributed by atoms with Crippen molar-refractivity contribution in [3.8, 4) is 6.07 Å². The molecular formula is C22H31N5O2. The van der Waals surface area contributed by atoms with E-state index in [9.17, 15) is 9.59 Å². The van der Waals surface area contributed by atoms with Gasteiger partial charge in [0.15, 0.2) is 0 Å². The maximum absolute atomic E-state index is 13.0. The quantitative estimate of drug-likeness (QED) is 0.718. The number of benzene rings is 1. The number of nitrogens with one attached hydrogen (secondary N) is 1. The van der Waals surface area contributed by atoms with E-state index in [2.05, 4.69) is 21.2 Å². The number of aryl methyl sites for hydroxylation is 2. The zero-order chi connectivity index (χ0) is 20.8. The Labute approximate surface area is 173 Å². The minimum absolute atomic E-state index is 0.0171. The molecule has 1 saturated heterocycles. The topological polar surface area (TPSA) is 79.7 Å². The van der Waals surface area contributed by atoms with Crippen molar-refractivity contribution in [3.05, 3.63) is 29.3 Å². The molecule has 1 aliphatic heterocycles. The summed E-state index contributed by atoms with van der Waals surface area (Å²) < 4.78 is 0. The predicted octanol–water partition coefficient (Wildman–Crippen LogP) is 1.45. The van der Waals surface area contributed by atoms with Gasteiger partial charge in [-0.15, -0.1) is 0 Å². The Morgan fingerprint density at radius 3 is 2.34 bits per heavy atom. The van der Waals surface area contributed by atoms with Crippen molar-refractivity contribution in [1.29, 1.82) is 5.26 Å². The Bertz CT molecular complexity index is 776. The number of hydrogen-bond donors (Lipinski definition) is 1. The molecule has 1 aromatic carbocycles. The lowest BCUT2D eigenvalue weighted by Crippen LogP contribution is -2.52. The van der Waals surface area contributed by atoms with Gasteiger partial charge in [0.1, 0.15) is 0 Å². The number of rotatable bonds is 8. The van der Waals surface area contributed by atoms with E-state index in [-0.39, 0.29) is 11.8 Å². The van der Waals surface area contributed by atoms with Crippen molar-refractivity contribution < 1.29 is 9.59 Å². The zero-order valence-corrected chi connectivity index (χ0v) is 17.5. The first-order valence-corrected chi connectivity index (χ1v) is 10.4. The molecule has 0 spiro atoms. The van der Waals surface area contributed by atoms with Gasteiger partial charge in [-0.2, -0.15) is 5.26 Å². The van der Waals surface area contributed by atoms with Crippen molar-refractivity contribution in [1.82, 2.24) is 15.1 Å². The summed E-state index contributed by atoms with van der Waals surface area (Å²) >= 11 is 0. The minimum atomic E-state index is 0.0171. The van der Waals surface area contributed by atoms with Gasteiger partial charge in [-0.05, 0) is 49.9 Å². The van der Waals surface area contributed by atoms with Crippen LogP contribution in [-0.2, 0) is 9.59 Å². The molecule has 0 aromatic heterocycles. The SMILES string of the molecule is Cc1ccc(N(CCC#N)C(=O)CN2CCN(CC(=O)NC3CC3)CC2)cc1C. The van der Waals surface area contributed by atoms with E-state index in [1.165, 1.54) is 5.56 Å². The van der Waals surface area contributed by atoms with E-state index >= 15 is 0 Å². The highest BCUT2D eigenvalue weighted by Crippen LogP contribution is 2.20. The van der Waals surface area contributed by atoms with Crippen LogP contribution in [0.1, 0.15) is 30.4 Å². The fraction of sp³-hybridized carbons (Fsp3) is 0.591. The van der Waals surface area contributed by atoms with Crippen molar-refractivity contribution in [2.75, 3.05) is 50.7 Å². The van der Waals surface area contributed by atoms with Gasteiger partial charge in [0.25, 0.3) is 0 Å². The largest absolute Gasteiger partial charge is 0.352 e. The molecular weight excluding hydrogens is 366 g/mol. The Balaban J connectivity index is 1.52. The van der Waals surface area contributed by atoms with Crippen molar-refractivity contribution in [2.24, 2.45) is 0 Å². The lowest BCUT2D eigenvalue weighted by Gasteiger charge is -2.35. The minimum Gasteiger partial charge on any atom is -0.352 e. The highest BCUT2D eigenvalue weighted by molar-refractivity contribution is 5.95. The number of hydrogen-bond acceptors (Lipinski definition) is 5. The first-order valence-electron chi connectivity index (χ1n) is 10.4. The van der Waals surface area contributed by atoms with E-state index in [1.807, 2.05) is 32.0 Å². The number of carbonyl (C=O) groups excluding carboxylic acids is 2. The average molecular weight is 398 g/mol. The van der Waals surface area contributed by atoms with Crippen LogP contribution in [0.25, 0.3) is 0 Å². The van der Waals surface area contributed by atoms with Crippen LogP contribution in [-0.4, -0.2) is 73.5 Å². The van der Waals surface area contributed by atoms with Crippen molar-refractivity contribution in [3.63, 3.8) is 0 Å². The standard InChI is InChI=1S/C22H31N5O2/c1-17-4-7-20(14-18(17)2)27(9-3-8-23)22(29)16-26-12-10-25(11-13-26)15-21(28)24-19-5-6-19/h4,7,14,19H,3,5-6,9-13,15-16H2,1-2H3,(H,24,28). The summed E-state index contributed by atoms with van der Waals surface area (Å²) in [5.41, 5.74) is 3.17. The van der Waals surface area contributed by atoms with Crippen LogP contribution in [0.3, 0.4) is 0 Å². The Morgan fingerprint density at radius 2 is 1.76 bits per heavy atom. The van der Waals surface area contributed by atoms with Crippen LogP contribution in [0.2, 0.25) is 0 Å². The van der Waals surface area contributed by atoms with Gasteiger partial charge in [0.2, 0.25) is 11.8 Å². The Hall–Kier alpha value is -2.43. The third-order valence-corrected chi connectivity index (χ3v) is 5.68. The van der Waals surface area contributed by atoms with Crippen LogP contribution in [0, 0.1) is 25.2 Å². The molecule has 156 valence electrons. The molecule has 1 heterocycles. The molecule has 1 N–H and O–H groups in total. The molecule has 3 rings (SSSR count). The fourth-order valence-electron chi connectivity index (χ4n) is 3.54. The summed E-state index contributed by atoms with van der Waals surface area (Å²) in [5, 5.41) is 12.0. The lowest BCUT2D eigenvalue weighted by atomic mass is 10.1. The van der Waals surface area contributed by atoms with E-state index < -0.39 is 0 Å². The number of nitriles is 1. The van der Waals surface area contributed by atoms with Crippen LogP contribution in [0.4, 0.5) is 5.69 Å². The summed E-state index contributed by atoms with van der Waals surface area (Å²) in [4.78, 5) is 31.0. The van der Waals surface area contributed by atoms with Crippen LogP contribution in [0.15, 0.2) is 18.2 Å². The molecule has 0 bridgehead atoms. The third-order valence-electron chi connectivity index (χ3n) is 5.68. The number of piperazine rings is 1. The Morgan fingerprint density at radius 1 is 1.10 bits per heavy atom. The normalized spacial score (nSPS) is 17.6. The molecule has 2 fully saturated rings. The second-order valence-electron chi connectivity index (χ2n) is 8.12. The average Bonchev–Trinajstić information content (AvgIpc) is 3.50. The number of carbonyl (C=O) groups is 2. The monoisotopic (exact) mass is 397 g/mol.